The average molecular weight is 311 g/mol. The molecule has 0 aliphatic rings. The van der Waals surface area contributed by atoms with Crippen LogP contribution in [0.3, 0.4) is 0 Å². The molecule has 0 amide bonds. The molecule has 0 bridgehead atoms. The lowest BCUT2D eigenvalue weighted by Gasteiger charge is -2.22. The summed E-state index contributed by atoms with van der Waals surface area (Å²) < 4.78 is 0. The van der Waals surface area contributed by atoms with E-state index in [9.17, 15) is 0 Å². The van der Waals surface area contributed by atoms with E-state index in [0.29, 0.717) is 18.0 Å². The van der Waals surface area contributed by atoms with Crippen LogP contribution in [-0.2, 0) is 0 Å². The van der Waals surface area contributed by atoms with E-state index in [2.05, 4.69) is 55.4 Å². The van der Waals surface area contributed by atoms with Crippen LogP contribution in [0.5, 0.6) is 0 Å². The first-order valence-corrected chi connectivity index (χ1v) is 8.84. The summed E-state index contributed by atoms with van der Waals surface area (Å²) in [4.78, 5) is 0. The second-order valence-corrected chi connectivity index (χ2v) is 5.97. The molecular formula is C13H30N2S3. The molecule has 0 aromatic heterocycles. The maximum atomic E-state index is 4.46. The highest BCUT2D eigenvalue weighted by atomic mass is 32.1. The Hall–Kier alpha value is 0.970. The Kier molecular flexibility index (Phi) is 13.7. The largest absolute Gasteiger partial charge is 0.316 e. The molecule has 0 aliphatic carbocycles. The molecule has 0 spiro atoms. The van der Waals surface area contributed by atoms with Crippen molar-refractivity contribution in [2.45, 2.75) is 44.7 Å². The Morgan fingerprint density at radius 3 is 2.00 bits per heavy atom. The van der Waals surface area contributed by atoms with Crippen LogP contribution in [0.1, 0.15) is 32.6 Å². The minimum Gasteiger partial charge on any atom is -0.316 e. The third-order valence-electron chi connectivity index (χ3n) is 3.36. The van der Waals surface area contributed by atoms with Gasteiger partial charge in [-0.3, -0.25) is 0 Å². The molecule has 3 atom stereocenters. The summed E-state index contributed by atoms with van der Waals surface area (Å²) in [5.74, 6) is 3.41. The van der Waals surface area contributed by atoms with Gasteiger partial charge in [0.2, 0.25) is 0 Å². The quantitative estimate of drug-likeness (QED) is 0.358. The maximum absolute atomic E-state index is 4.46. The van der Waals surface area contributed by atoms with Gasteiger partial charge in [0, 0.05) is 23.6 Å². The Morgan fingerprint density at radius 1 is 0.889 bits per heavy atom. The molecule has 110 valence electrons. The molecule has 0 heterocycles. The zero-order valence-electron chi connectivity index (χ0n) is 11.7. The normalized spacial score (nSPS) is 16.5. The van der Waals surface area contributed by atoms with Crippen molar-refractivity contribution in [3.8, 4) is 0 Å². The van der Waals surface area contributed by atoms with Crippen molar-refractivity contribution in [1.29, 1.82) is 0 Å². The zero-order valence-corrected chi connectivity index (χ0v) is 14.4. The fraction of sp³-hybridized carbons (Fsp3) is 1.00. The Balaban J connectivity index is 3.87. The lowest BCUT2D eigenvalue weighted by atomic mass is 10.0. The molecule has 0 rings (SSSR count). The highest BCUT2D eigenvalue weighted by molar-refractivity contribution is 7.80. The summed E-state index contributed by atoms with van der Waals surface area (Å²) in [6, 6.07) is 1.07. The summed E-state index contributed by atoms with van der Waals surface area (Å²) in [5.41, 5.74) is 0. The predicted octanol–water partition coefficient (Wildman–Crippen LogP) is 2.52. The lowest BCUT2D eigenvalue weighted by Crippen LogP contribution is -2.36. The second kappa shape index (κ2) is 13.0. The topological polar surface area (TPSA) is 24.1 Å². The first kappa shape index (κ1) is 19.0. The van der Waals surface area contributed by atoms with Crippen molar-refractivity contribution in [3.63, 3.8) is 0 Å². The van der Waals surface area contributed by atoms with Gasteiger partial charge in [-0.15, -0.1) is 0 Å². The molecule has 18 heavy (non-hydrogen) atoms. The van der Waals surface area contributed by atoms with Crippen LogP contribution in [0.4, 0.5) is 0 Å². The zero-order chi connectivity index (χ0) is 13.8. The summed E-state index contributed by atoms with van der Waals surface area (Å²) >= 11 is 13.2. The van der Waals surface area contributed by atoms with Crippen LogP contribution in [0.25, 0.3) is 0 Å². The van der Waals surface area contributed by atoms with Crippen molar-refractivity contribution in [3.05, 3.63) is 0 Å². The van der Waals surface area contributed by atoms with Crippen molar-refractivity contribution in [2.24, 2.45) is 5.92 Å². The SMILES string of the molecule is CCC[C@H](CS)NC[C@H](CS)CC[C@H](CS)NC. The summed E-state index contributed by atoms with van der Waals surface area (Å²) in [5, 5.41) is 6.91. The molecule has 0 aliphatic heterocycles. The number of rotatable bonds is 12. The highest BCUT2D eigenvalue weighted by Gasteiger charge is 2.12. The van der Waals surface area contributed by atoms with E-state index in [1.165, 1.54) is 25.7 Å². The smallest absolute Gasteiger partial charge is 0.0155 e. The van der Waals surface area contributed by atoms with Crippen LogP contribution in [0.15, 0.2) is 0 Å². The third-order valence-corrected chi connectivity index (χ3v) is 4.76. The first-order valence-electron chi connectivity index (χ1n) is 6.94. The van der Waals surface area contributed by atoms with E-state index < -0.39 is 0 Å². The van der Waals surface area contributed by atoms with Gasteiger partial charge in [0.05, 0.1) is 0 Å². The molecule has 2 N–H and O–H groups in total. The van der Waals surface area contributed by atoms with Gasteiger partial charge in [0.1, 0.15) is 0 Å². The van der Waals surface area contributed by atoms with E-state index in [1.807, 2.05) is 7.05 Å². The van der Waals surface area contributed by atoms with Gasteiger partial charge in [-0.25, -0.2) is 0 Å². The molecular weight excluding hydrogens is 280 g/mol. The van der Waals surface area contributed by atoms with Crippen molar-refractivity contribution in [1.82, 2.24) is 10.6 Å². The molecule has 0 radical (unpaired) electrons. The highest BCUT2D eigenvalue weighted by Crippen LogP contribution is 2.11. The number of hydrogen-bond donors (Lipinski definition) is 5. The fourth-order valence-corrected chi connectivity index (χ4v) is 2.95. The van der Waals surface area contributed by atoms with Crippen LogP contribution in [-0.4, -0.2) is 42.9 Å². The lowest BCUT2D eigenvalue weighted by molar-refractivity contribution is 0.407. The maximum Gasteiger partial charge on any atom is 0.0155 e. The van der Waals surface area contributed by atoms with Crippen molar-refractivity contribution in [2.75, 3.05) is 30.9 Å². The standard InChI is InChI=1S/C13H30N2S3/c1-3-4-13(10-18)15-7-11(8-16)5-6-12(9-17)14-2/h11-18H,3-10H2,1-2H3/t11-,12-,13-/m1/s1. The van der Waals surface area contributed by atoms with E-state index in [1.54, 1.807) is 0 Å². The second-order valence-electron chi connectivity index (χ2n) is 4.87. The number of thiol groups is 3. The minimum absolute atomic E-state index is 0.520. The molecule has 5 heteroatoms. The summed E-state index contributed by atoms with van der Waals surface area (Å²) in [7, 11) is 2.01. The Bertz CT molecular complexity index is 178. The summed E-state index contributed by atoms with van der Waals surface area (Å²) in [6.07, 6.45) is 4.80. The van der Waals surface area contributed by atoms with Gasteiger partial charge in [-0.2, -0.15) is 37.9 Å². The molecule has 2 nitrogen and oxygen atoms in total. The molecule has 0 aromatic carbocycles. The monoisotopic (exact) mass is 310 g/mol. The van der Waals surface area contributed by atoms with E-state index in [4.69, 9.17) is 0 Å². The first-order chi connectivity index (χ1) is 8.71. The average Bonchev–Trinajstić information content (AvgIpc) is 2.41. The van der Waals surface area contributed by atoms with Gasteiger partial charge < -0.3 is 10.6 Å². The fourth-order valence-electron chi connectivity index (χ4n) is 1.96. The van der Waals surface area contributed by atoms with Crippen LogP contribution < -0.4 is 10.6 Å². The van der Waals surface area contributed by atoms with Gasteiger partial charge in [0.15, 0.2) is 0 Å². The van der Waals surface area contributed by atoms with E-state index in [-0.39, 0.29) is 0 Å². The van der Waals surface area contributed by atoms with E-state index in [0.717, 1.165) is 23.8 Å². The van der Waals surface area contributed by atoms with Gasteiger partial charge in [-0.1, -0.05) is 13.3 Å². The Labute approximate surface area is 130 Å². The number of hydrogen-bond acceptors (Lipinski definition) is 5. The van der Waals surface area contributed by atoms with Crippen molar-refractivity contribution < 1.29 is 0 Å². The molecule has 0 fully saturated rings. The van der Waals surface area contributed by atoms with Crippen LogP contribution in [0, 0.1) is 5.92 Å². The molecule has 0 saturated heterocycles. The molecule has 0 aromatic rings. The van der Waals surface area contributed by atoms with Gasteiger partial charge >= 0.3 is 0 Å². The van der Waals surface area contributed by atoms with Gasteiger partial charge in [-0.05, 0) is 44.5 Å². The number of nitrogens with one attached hydrogen (secondary N) is 2. The Morgan fingerprint density at radius 2 is 1.56 bits per heavy atom. The molecule has 0 unspecified atom stereocenters. The molecule has 0 saturated carbocycles. The predicted molar refractivity (Wildman–Crippen MR) is 93.8 cm³/mol. The van der Waals surface area contributed by atoms with Crippen molar-refractivity contribution >= 4 is 37.9 Å². The van der Waals surface area contributed by atoms with E-state index >= 15 is 0 Å². The minimum atomic E-state index is 0.520. The van der Waals surface area contributed by atoms with Crippen LogP contribution >= 0.6 is 37.9 Å². The third kappa shape index (κ3) is 8.97. The van der Waals surface area contributed by atoms with Crippen LogP contribution in [0.2, 0.25) is 0 Å². The van der Waals surface area contributed by atoms with Gasteiger partial charge in [0.25, 0.3) is 0 Å². The summed E-state index contributed by atoms with van der Waals surface area (Å²) in [6.45, 7) is 3.27.